The van der Waals surface area contributed by atoms with Crippen molar-refractivity contribution in [3.63, 3.8) is 0 Å². The monoisotopic (exact) mass is 166 g/mol. The molecule has 0 unspecified atom stereocenters. The highest BCUT2D eigenvalue weighted by atomic mass is 16.4. The fourth-order valence-corrected chi connectivity index (χ4v) is 0.740. The van der Waals surface area contributed by atoms with Crippen LogP contribution in [0.1, 0.15) is 19.8 Å². The molecule has 0 fully saturated rings. The van der Waals surface area contributed by atoms with Crippen LogP contribution in [-0.4, -0.2) is 11.1 Å². The summed E-state index contributed by atoms with van der Waals surface area (Å²) in [6, 6.07) is 0. The van der Waals surface area contributed by atoms with Crippen LogP contribution >= 0.6 is 0 Å². The zero-order chi connectivity index (χ0) is 9.40. The first-order chi connectivity index (χ1) is 5.70. The Morgan fingerprint density at radius 1 is 1.58 bits per heavy atom. The Labute approximate surface area is 72.9 Å². The van der Waals surface area contributed by atoms with Crippen molar-refractivity contribution in [1.82, 2.24) is 0 Å². The number of rotatable bonds is 5. The number of carboxylic acid groups (broad SMARTS) is 1. The molecule has 0 radical (unpaired) electrons. The standard InChI is InChI=1S/C10H14O2/c1-3-5-6-9(4-2)7-8-10(11)12/h3,5-7H,1,4,8H2,2H3,(H,11,12)/b6-5-,9-7-. The van der Waals surface area contributed by atoms with Gasteiger partial charge in [-0.25, -0.2) is 0 Å². The number of hydrogen-bond donors (Lipinski definition) is 1. The van der Waals surface area contributed by atoms with Crippen LogP contribution in [0.5, 0.6) is 0 Å². The molecule has 2 nitrogen and oxygen atoms in total. The number of hydrogen-bond acceptors (Lipinski definition) is 1. The van der Waals surface area contributed by atoms with Crippen molar-refractivity contribution >= 4 is 5.97 Å². The molecule has 12 heavy (non-hydrogen) atoms. The topological polar surface area (TPSA) is 37.3 Å². The molecule has 2 heteroatoms. The van der Waals surface area contributed by atoms with E-state index in [2.05, 4.69) is 6.58 Å². The third kappa shape index (κ3) is 5.47. The molecule has 0 aliphatic carbocycles. The molecule has 0 aromatic rings. The number of carbonyl (C=O) groups is 1. The van der Waals surface area contributed by atoms with Crippen molar-refractivity contribution in [2.75, 3.05) is 0 Å². The molecule has 66 valence electrons. The van der Waals surface area contributed by atoms with Crippen LogP contribution < -0.4 is 0 Å². The summed E-state index contributed by atoms with van der Waals surface area (Å²) in [5, 5.41) is 8.39. The Hall–Kier alpha value is -1.31. The predicted molar refractivity (Wildman–Crippen MR) is 50.0 cm³/mol. The van der Waals surface area contributed by atoms with Crippen LogP contribution in [0.4, 0.5) is 0 Å². The zero-order valence-electron chi connectivity index (χ0n) is 7.29. The summed E-state index contributed by atoms with van der Waals surface area (Å²) in [6.07, 6.45) is 7.99. The van der Waals surface area contributed by atoms with Crippen LogP contribution in [0, 0.1) is 0 Å². The molecule has 0 spiro atoms. The van der Waals surface area contributed by atoms with Gasteiger partial charge >= 0.3 is 5.97 Å². The summed E-state index contributed by atoms with van der Waals surface area (Å²) in [5.41, 5.74) is 1.03. The minimum absolute atomic E-state index is 0.0880. The lowest BCUT2D eigenvalue weighted by atomic mass is 10.1. The molecular weight excluding hydrogens is 152 g/mol. The van der Waals surface area contributed by atoms with Crippen molar-refractivity contribution in [3.05, 3.63) is 36.5 Å². The lowest BCUT2D eigenvalue weighted by Gasteiger charge is -1.94. The summed E-state index contributed by atoms with van der Waals surface area (Å²) in [5.74, 6) is -0.798. The minimum Gasteiger partial charge on any atom is -0.481 e. The van der Waals surface area contributed by atoms with Gasteiger partial charge in [0.25, 0.3) is 0 Å². The number of allylic oxidation sites excluding steroid dienone is 4. The van der Waals surface area contributed by atoms with E-state index in [0.29, 0.717) is 0 Å². The quantitative estimate of drug-likeness (QED) is 0.637. The number of carboxylic acids is 1. The van der Waals surface area contributed by atoms with Gasteiger partial charge in [-0.2, -0.15) is 0 Å². The highest BCUT2D eigenvalue weighted by Crippen LogP contribution is 2.03. The Balaban J connectivity index is 4.12. The van der Waals surface area contributed by atoms with Gasteiger partial charge in [-0.1, -0.05) is 43.4 Å². The first-order valence-corrected chi connectivity index (χ1v) is 3.90. The van der Waals surface area contributed by atoms with Crippen LogP contribution in [0.2, 0.25) is 0 Å². The van der Waals surface area contributed by atoms with Gasteiger partial charge in [-0.05, 0) is 6.42 Å². The van der Waals surface area contributed by atoms with Crippen LogP contribution in [-0.2, 0) is 4.79 Å². The van der Waals surface area contributed by atoms with Gasteiger partial charge in [0, 0.05) is 0 Å². The van der Waals surface area contributed by atoms with Crippen molar-refractivity contribution < 1.29 is 9.90 Å². The van der Waals surface area contributed by atoms with E-state index in [9.17, 15) is 4.79 Å². The molecule has 0 atom stereocenters. The van der Waals surface area contributed by atoms with E-state index in [-0.39, 0.29) is 6.42 Å². The van der Waals surface area contributed by atoms with E-state index in [0.717, 1.165) is 12.0 Å². The second-order valence-electron chi connectivity index (χ2n) is 2.33. The molecule has 0 heterocycles. The van der Waals surface area contributed by atoms with Crippen LogP contribution in [0.25, 0.3) is 0 Å². The van der Waals surface area contributed by atoms with Gasteiger partial charge in [0.05, 0.1) is 6.42 Å². The molecule has 0 aromatic carbocycles. The summed E-state index contributed by atoms with van der Waals surface area (Å²) in [6.45, 7) is 5.52. The maximum atomic E-state index is 10.2. The van der Waals surface area contributed by atoms with Crippen LogP contribution in [0.3, 0.4) is 0 Å². The van der Waals surface area contributed by atoms with Gasteiger partial charge in [0.2, 0.25) is 0 Å². The highest BCUT2D eigenvalue weighted by molar-refractivity contribution is 5.68. The summed E-state index contributed by atoms with van der Waals surface area (Å²) >= 11 is 0. The van der Waals surface area contributed by atoms with E-state index in [1.165, 1.54) is 0 Å². The molecule has 0 bridgehead atoms. The first kappa shape index (κ1) is 10.7. The van der Waals surface area contributed by atoms with Crippen LogP contribution in [0.15, 0.2) is 36.5 Å². The fourth-order valence-electron chi connectivity index (χ4n) is 0.740. The molecule has 0 rings (SSSR count). The van der Waals surface area contributed by atoms with Crippen molar-refractivity contribution in [2.45, 2.75) is 19.8 Å². The lowest BCUT2D eigenvalue weighted by Crippen LogP contribution is -1.91. The third-order valence-corrected chi connectivity index (χ3v) is 1.39. The normalized spacial score (nSPS) is 11.9. The predicted octanol–water partition coefficient (Wildman–Crippen LogP) is 2.54. The second kappa shape index (κ2) is 6.40. The molecule has 0 aliphatic heterocycles. The highest BCUT2D eigenvalue weighted by Gasteiger charge is 1.92. The van der Waals surface area contributed by atoms with E-state index in [1.807, 2.05) is 13.0 Å². The Kier molecular flexibility index (Phi) is 5.70. The minimum atomic E-state index is -0.798. The average molecular weight is 166 g/mol. The average Bonchev–Trinajstić information content (AvgIpc) is 2.05. The van der Waals surface area contributed by atoms with Gasteiger partial charge in [-0.3, -0.25) is 4.79 Å². The number of aliphatic carboxylic acids is 1. The Morgan fingerprint density at radius 2 is 2.25 bits per heavy atom. The smallest absolute Gasteiger partial charge is 0.307 e. The maximum Gasteiger partial charge on any atom is 0.307 e. The molecular formula is C10H14O2. The molecule has 0 amide bonds. The lowest BCUT2D eigenvalue weighted by molar-refractivity contribution is -0.136. The van der Waals surface area contributed by atoms with Crippen molar-refractivity contribution in [3.8, 4) is 0 Å². The largest absolute Gasteiger partial charge is 0.481 e. The fraction of sp³-hybridized carbons (Fsp3) is 0.300. The second-order valence-corrected chi connectivity index (χ2v) is 2.33. The van der Waals surface area contributed by atoms with Crippen molar-refractivity contribution in [1.29, 1.82) is 0 Å². The third-order valence-electron chi connectivity index (χ3n) is 1.39. The molecule has 0 saturated carbocycles. The summed E-state index contributed by atoms with van der Waals surface area (Å²) in [7, 11) is 0. The Bertz CT molecular complexity index is 212. The molecule has 0 aromatic heterocycles. The van der Waals surface area contributed by atoms with Gasteiger partial charge in [0.1, 0.15) is 0 Å². The summed E-state index contributed by atoms with van der Waals surface area (Å²) < 4.78 is 0. The Morgan fingerprint density at radius 3 is 2.67 bits per heavy atom. The molecule has 0 aliphatic rings. The van der Waals surface area contributed by atoms with E-state index < -0.39 is 5.97 Å². The van der Waals surface area contributed by atoms with E-state index >= 15 is 0 Å². The zero-order valence-corrected chi connectivity index (χ0v) is 7.29. The van der Waals surface area contributed by atoms with E-state index in [4.69, 9.17) is 5.11 Å². The van der Waals surface area contributed by atoms with E-state index in [1.54, 1.807) is 18.2 Å². The van der Waals surface area contributed by atoms with Gasteiger partial charge in [0.15, 0.2) is 0 Å². The summed E-state index contributed by atoms with van der Waals surface area (Å²) in [4.78, 5) is 10.2. The van der Waals surface area contributed by atoms with Gasteiger partial charge < -0.3 is 5.11 Å². The maximum absolute atomic E-state index is 10.2. The first-order valence-electron chi connectivity index (χ1n) is 3.90. The van der Waals surface area contributed by atoms with Gasteiger partial charge in [-0.15, -0.1) is 0 Å². The molecule has 1 N–H and O–H groups in total. The van der Waals surface area contributed by atoms with Crippen molar-refractivity contribution in [2.24, 2.45) is 0 Å². The molecule has 0 saturated heterocycles. The SMILES string of the molecule is C=C/C=C\C(=C/CC(=O)O)CC.